The van der Waals surface area contributed by atoms with Crippen molar-refractivity contribution in [2.75, 3.05) is 0 Å². The van der Waals surface area contributed by atoms with Gasteiger partial charge in [-0.05, 0) is 115 Å². The largest absolute Gasteiger partial charge is 0.450 e. The molecule has 0 N–H and O–H groups in total. The van der Waals surface area contributed by atoms with E-state index in [1.165, 1.54) is 77.5 Å². The molecule has 2 aliphatic rings. The van der Waals surface area contributed by atoms with Gasteiger partial charge in [0.05, 0.1) is 11.0 Å². The highest BCUT2D eigenvalue weighted by molar-refractivity contribution is 6.21. The van der Waals surface area contributed by atoms with Crippen LogP contribution in [0, 0.1) is 0 Å². The predicted molar refractivity (Wildman–Crippen MR) is 262 cm³/mol. The van der Waals surface area contributed by atoms with Crippen molar-refractivity contribution in [3.05, 3.63) is 223 Å². The first-order valence-electron chi connectivity index (χ1n) is 22.1. The first-order valence-corrected chi connectivity index (χ1v) is 22.1. The summed E-state index contributed by atoms with van der Waals surface area (Å²) in [6.07, 6.45) is 0.957. The number of fused-ring (bicyclic) bond motifs is 12. The Morgan fingerprint density at radius 1 is 0.453 bits per heavy atom. The molecule has 12 aromatic rings. The molecule has 0 saturated heterocycles. The van der Waals surface area contributed by atoms with E-state index in [1.807, 2.05) is 12.1 Å². The second kappa shape index (κ2) is 13.6. The highest BCUT2D eigenvalue weighted by Crippen LogP contribution is 2.58. The van der Waals surface area contributed by atoms with E-state index in [4.69, 9.17) is 14.4 Å². The third kappa shape index (κ3) is 5.17. The number of furan rings is 1. The molecule has 9 aromatic carbocycles. The molecule has 1 atom stereocenters. The normalized spacial score (nSPS) is 13.7. The SMILES string of the molecule is c1ccc(-c2ccc(-c3nc(-n4c5ccc(-c6ccccc6)cc5c5c6c7c(cc54)-c4ccc(-c5ccccc5)cc4C7Cc4ccccc4-6)c4oc5ccccc5c4n3)cc2)cc1. The molecule has 0 bridgehead atoms. The minimum absolute atomic E-state index is 0.227. The van der Waals surface area contributed by atoms with Crippen LogP contribution in [0.3, 0.4) is 0 Å². The molecule has 298 valence electrons. The van der Waals surface area contributed by atoms with E-state index in [0.29, 0.717) is 11.4 Å². The number of aromatic nitrogens is 3. The zero-order valence-electron chi connectivity index (χ0n) is 34.7. The Balaban J connectivity index is 1.10. The second-order valence-corrected chi connectivity index (χ2v) is 17.2. The molecule has 3 aromatic heterocycles. The quantitative estimate of drug-likeness (QED) is 0.174. The molecule has 0 amide bonds. The van der Waals surface area contributed by atoms with Gasteiger partial charge in [0, 0.05) is 27.6 Å². The lowest BCUT2D eigenvalue weighted by Crippen LogP contribution is -2.10. The van der Waals surface area contributed by atoms with Crippen LogP contribution in [0.4, 0.5) is 0 Å². The van der Waals surface area contributed by atoms with Crippen molar-refractivity contribution in [3.8, 4) is 72.8 Å². The number of nitrogens with zero attached hydrogens (tertiary/aromatic N) is 3. The molecule has 4 heteroatoms. The summed E-state index contributed by atoms with van der Waals surface area (Å²) in [7, 11) is 0. The van der Waals surface area contributed by atoms with Crippen molar-refractivity contribution in [3.63, 3.8) is 0 Å². The standard InChI is InChI=1S/C60H37N3O/c1-4-14-36(15-5-1)39-24-26-40(27-25-39)59-61-57-46-22-12-13-23-53(46)64-58(57)60(62-59)63-51-31-29-42(38-18-8-3-9-19-38)33-50(51)55-52(63)35-49-45-30-28-41(37-16-6-2-7-17-37)32-47(45)48-34-43-20-10-11-21-44(43)56(55)54(48)49/h1-33,35,48H,34H2. The van der Waals surface area contributed by atoms with Crippen LogP contribution in [0.15, 0.2) is 211 Å². The van der Waals surface area contributed by atoms with Gasteiger partial charge in [-0.15, -0.1) is 0 Å². The predicted octanol–water partition coefficient (Wildman–Crippen LogP) is 15.5. The Morgan fingerprint density at radius 2 is 1.06 bits per heavy atom. The third-order valence-electron chi connectivity index (χ3n) is 13.7. The lowest BCUT2D eigenvalue weighted by molar-refractivity contribution is 0.662. The molecule has 0 saturated carbocycles. The van der Waals surface area contributed by atoms with Gasteiger partial charge in [-0.2, -0.15) is 0 Å². The van der Waals surface area contributed by atoms with Crippen molar-refractivity contribution in [2.24, 2.45) is 0 Å². The monoisotopic (exact) mass is 815 g/mol. The number of rotatable bonds is 5. The van der Waals surface area contributed by atoms with Crippen LogP contribution >= 0.6 is 0 Å². The van der Waals surface area contributed by atoms with E-state index in [-0.39, 0.29) is 5.92 Å². The Bertz CT molecular complexity index is 3850. The molecule has 1 unspecified atom stereocenters. The fraction of sp³-hybridized carbons (Fsp3) is 0.0333. The lowest BCUT2D eigenvalue weighted by atomic mass is 9.76. The van der Waals surface area contributed by atoms with Gasteiger partial charge in [0.1, 0.15) is 11.1 Å². The first-order chi connectivity index (χ1) is 31.7. The number of benzene rings is 9. The van der Waals surface area contributed by atoms with E-state index in [2.05, 4.69) is 199 Å². The van der Waals surface area contributed by atoms with Crippen LogP contribution in [0.1, 0.15) is 22.6 Å². The number of hydrogen-bond donors (Lipinski definition) is 0. The fourth-order valence-corrected chi connectivity index (χ4v) is 10.8. The van der Waals surface area contributed by atoms with Gasteiger partial charge in [0.25, 0.3) is 0 Å². The zero-order chi connectivity index (χ0) is 41.9. The Labute approximate surface area is 369 Å². The summed E-state index contributed by atoms with van der Waals surface area (Å²) in [6, 6.07) is 74.4. The van der Waals surface area contributed by atoms with Crippen molar-refractivity contribution in [1.82, 2.24) is 14.5 Å². The number of hydrogen-bond acceptors (Lipinski definition) is 3. The molecule has 14 rings (SSSR count). The van der Waals surface area contributed by atoms with Crippen LogP contribution < -0.4 is 0 Å². The summed E-state index contributed by atoms with van der Waals surface area (Å²) in [6.45, 7) is 0. The van der Waals surface area contributed by atoms with Gasteiger partial charge in [-0.1, -0.05) is 170 Å². The smallest absolute Gasteiger partial charge is 0.197 e. The molecule has 64 heavy (non-hydrogen) atoms. The second-order valence-electron chi connectivity index (χ2n) is 17.2. The maximum atomic E-state index is 6.87. The minimum Gasteiger partial charge on any atom is -0.450 e. The van der Waals surface area contributed by atoms with Gasteiger partial charge < -0.3 is 4.42 Å². The third-order valence-corrected chi connectivity index (χ3v) is 13.7. The Kier molecular flexibility index (Phi) is 7.48. The van der Waals surface area contributed by atoms with E-state index >= 15 is 0 Å². The molecule has 3 heterocycles. The molecular weight excluding hydrogens is 779 g/mol. The van der Waals surface area contributed by atoms with Crippen LogP contribution in [0.25, 0.3) is 117 Å². The summed E-state index contributed by atoms with van der Waals surface area (Å²) < 4.78 is 9.23. The Hall–Kier alpha value is -8.34. The van der Waals surface area contributed by atoms with Gasteiger partial charge in [-0.25, -0.2) is 9.97 Å². The van der Waals surface area contributed by atoms with Crippen LogP contribution in [0.5, 0.6) is 0 Å². The van der Waals surface area contributed by atoms with E-state index in [1.54, 1.807) is 0 Å². The fourth-order valence-electron chi connectivity index (χ4n) is 10.8. The summed E-state index contributed by atoms with van der Waals surface area (Å²) in [5.41, 5.74) is 21.9. The van der Waals surface area contributed by atoms with Crippen LogP contribution in [-0.2, 0) is 6.42 Å². The summed E-state index contributed by atoms with van der Waals surface area (Å²) >= 11 is 0. The molecule has 0 fully saturated rings. The maximum absolute atomic E-state index is 6.87. The summed E-state index contributed by atoms with van der Waals surface area (Å²) in [4.78, 5) is 10.9. The van der Waals surface area contributed by atoms with Crippen LogP contribution in [0.2, 0.25) is 0 Å². The maximum Gasteiger partial charge on any atom is 0.197 e. The average Bonchev–Trinajstić information content (AvgIpc) is 4.02. The molecule has 0 radical (unpaired) electrons. The van der Waals surface area contributed by atoms with Gasteiger partial charge in [0.15, 0.2) is 17.2 Å². The van der Waals surface area contributed by atoms with Gasteiger partial charge in [-0.3, -0.25) is 4.57 Å². The first kappa shape index (κ1) is 35.3. The van der Waals surface area contributed by atoms with Crippen LogP contribution in [-0.4, -0.2) is 14.5 Å². The van der Waals surface area contributed by atoms with Gasteiger partial charge in [0.2, 0.25) is 0 Å². The lowest BCUT2D eigenvalue weighted by Gasteiger charge is -2.27. The average molecular weight is 816 g/mol. The molecule has 4 nitrogen and oxygen atoms in total. The van der Waals surface area contributed by atoms with Crippen molar-refractivity contribution in [2.45, 2.75) is 12.3 Å². The molecule has 0 spiro atoms. The highest BCUT2D eigenvalue weighted by Gasteiger charge is 2.38. The van der Waals surface area contributed by atoms with Crippen molar-refractivity contribution in [1.29, 1.82) is 0 Å². The van der Waals surface area contributed by atoms with E-state index < -0.39 is 0 Å². The van der Waals surface area contributed by atoms with E-state index in [9.17, 15) is 0 Å². The topological polar surface area (TPSA) is 43.9 Å². The Morgan fingerprint density at radius 3 is 1.83 bits per heavy atom. The van der Waals surface area contributed by atoms with E-state index in [0.717, 1.165) is 50.9 Å². The number of para-hydroxylation sites is 1. The summed E-state index contributed by atoms with van der Waals surface area (Å²) in [5.74, 6) is 1.60. The zero-order valence-corrected chi connectivity index (χ0v) is 34.7. The minimum atomic E-state index is 0.227. The molecule has 0 aliphatic heterocycles. The highest BCUT2D eigenvalue weighted by atomic mass is 16.3. The van der Waals surface area contributed by atoms with Crippen molar-refractivity contribution >= 4 is 43.9 Å². The van der Waals surface area contributed by atoms with Gasteiger partial charge >= 0.3 is 0 Å². The van der Waals surface area contributed by atoms with Crippen molar-refractivity contribution < 1.29 is 4.42 Å². The summed E-state index contributed by atoms with van der Waals surface area (Å²) in [5, 5.41) is 3.38. The molecular formula is C60H37N3O. The molecule has 2 aliphatic carbocycles.